The summed E-state index contributed by atoms with van der Waals surface area (Å²) in [5.74, 6) is -2.71. The number of hydrogen-bond donors (Lipinski definition) is 5. The first-order chi connectivity index (χ1) is 16.1. The van der Waals surface area contributed by atoms with Gasteiger partial charge in [0.2, 0.25) is 17.7 Å². The molecule has 10 heteroatoms. The van der Waals surface area contributed by atoms with E-state index in [2.05, 4.69) is 10.6 Å². The lowest BCUT2D eigenvalue weighted by Gasteiger charge is -2.31. The number of carboxylic acids is 1. The lowest BCUT2D eigenvalue weighted by atomic mass is 9.98. The Labute approximate surface area is 200 Å². The fourth-order valence-electron chi connectivity index (χ4n) is 4.23. The van der Waals surface area contributed by atoms with Crippen LogP contribution in [0.2, 0.25) is 0 Å². The SMILES string of the molecule is CC[C@H](C)[C@H](NC(=O)[C@@H]1CCCN1CC(Cc1ccccc1)NC(=O)[C@@H](N)CC(N)=O)C(=O)O. The summed E-state index contributed by atoms with van der Waals surface area (Å²) < 4.78 is 0. The number of carbonyl (C=O) groups excluding carboxylic acids is 3. The monoisotopic (exact) mass is 475 g/mol. The number of carbonyl (C=O) groups is 4. The highest BCUT2D eigenvalue weighted by molar-refractivity contribution is 5.88. The molecule has 1 fully saturated rings. The van der Waals surface area contributed by atoms with Gasteiger partial charge < -0.3 is 27.2 Å². The third-order valence-corrected chi connectivity index (χ3v) is 6.33. The van der Waals surface area contributed by atoms with Gasteiger partial charge in [0.05, 0.1) is 18.5 Å². The number of carboxylic acid groups (broad SMARTS) is 1. The highest BCUT2D eigenvalue weighted by Gasteiger charge is 2.35. The third kappa shape index (κ3) is 8.11. The molecular weight excluding hydrogens is 438 g/mol. The van der Waals surface area contributed by atoms with Gasteiger partial charge in [0.25, 0.3) is 0 Å². The van der Waals surface area contributed by atoms with Gasteiger partial charge in [-0.3, -0.25) is 19.3 Å². The Kier molecular flexibility index (Phi) is 10.5. The highest BCUT2D eigenvalue weighted by Crippen LogP contribution is 2.20. The Morgan fingerprint density at radius 3 is 2.44 bits per heavy atom. The van der Waals surface area contributed by atoms with Crippen LogP contribution < -0.4 is 22.1 Å². The zero-order valence-electron chi connectivity index (χ0n) is 19.9. The summed E-state index contributed by atoms with van der Waals surface area (Å²) in [6.45, 7) is 4.71. The molecule has 1 heterocycles. The Bertz CT molecular complexity index is 849. The molecule has 2 rings (SSSR count). The van der Waals surface area contributed by atoms with Crippen LogP contribution in [0.4, 0.5) is 0 Å². The first-order valence-electron chi connectivity index (χ1n) is 11.8. The smallest absolute Gasteiger partial charge is 0.326 e. The molecule has 0 bridgehead atoms. The van der Waals surface area contributed by atoms with Crippen LogP contribution in [-0.4, -0.2) is 71.0 Å². The number of hydrogen-bond acceptors (Lipinski definition) is 6. The molecule has 1 aliphatic heterocycles. The molecule has 0 spiro atoms. The molecular formula is C24H37N5O5. The van der Waals surface area contributed by atoms with E-state index in [4.69, 9.17) is 11.5 Å². The van der Waals surface area contributed by atoms with Crippen LogP contribution in [0.3, 0.4) is 0 Å². The van der Waals surface area contributed by atoms with Crippen LogP contribution in [-0.2, 0) is 25.6 Å². The normalized spacial score (nSPS) is 19.6. The average Bonchev–Trinajstić information content (AvgIpc) is 3.24. The van der Waals surface area contributed by atoms with Crippen molar-refractivity contribution in [2.24, 2.45) is 17.4 Å². The number of aliphatic carboxylic acids is 1. The number of benzene rings is 1. The van der Waals surface area contributed by atoms with Crippen molar-refractivity contribution in [3.05, 3.63) is 35.9 Å². The standard InChI is InChI=1S/C24H37N5O5/c1-3-15(2)21(24(33)34)28-23(32)19-10-7-11-29(19)14-17(12-16-8-5-4-6-9-16)27-22(31)18(25)13-20(26)30/h4-6,8-9,15,17-19,21H,3,7,10-14,25H2,1-2H3,(H2,26,30)(H,27,31)(H,28,32)(H,33,34)/t15-,17?,18-,19-,21-/m0/s1. The van der Waals surface area contributed by atoms with Crippen molar-refractivity contribution < 1.29 is 24.3 Å². The van der Waals surface area contributed by atoms with Gasteiger partial charge in [-0.05, 0) is 37.3 Å². The van der Waals surface area contributed by atoms with Gasteiger partial charge >= 0.3 is 5.97 Å². The molecule has 1 aromatic carbocycles. The van der Waals surface area contributed by atoms with Crippen molar-refractivity contribution in [3.63, 3.8) is 0 Å². The van der Waals surface area contributed by atoms with Crippen LogP contribution in [0.5, 0.6) is 0 Å². The summed E-state index contributed by atoms with van der Waals surface area (Å²) in [6.07, 6.45) is 2.26. The van der Waals surface area contributed by atoms with Crippen molar-refractivity contribution >= 4 is 23.7 Å². The zero-order valence-corrected chi connectivity index (χ0v) is 19.9. The van der Waals surface area contributed by atoms with Crippen molar-refractivity contribution in [1.82, 2.24) is 15.5 Å². The van der Waals surface area contributed by atoms with E-state index >= 15 is 0 Å². The molecule has 0 aromatic heterocycles. The van der Waals surface area contributed by atoms with Gasteiger partial charge in [0.15, 0.2) is 0 Å². The maximum absolute atomic E-state index is 13.0. The van der Waals surface area contributed by atoms with E-state index in [1.807, 2.05) is 42.2 Å². The molecule has 1 unspecified atom stereocenters. The molecule has 188 valence electrons. The lowest BCUT2D eigenvalue weighted by Crippen LogP contribution is -2.55. The fraction of sp³-hybridized carbons (Fsp3) is 0.583. The van der Waals surface area contributed by atoms with Gasteiger partial charge in [0, 0.05) is 12.6 Å². The van der Waals surface area contributed by atoms with Gasteiger partial charge in [-0.15, -0.1) is 0 Å². The topological polar surface area (TPSA) is 168 Å². The largest absolute Gasteiger partial charge is 0.480 e. The number of nitrogens with one attached hydrogen (secondary N) is 2. The summed E-state index contributed by atoms with van der Waals surface area (Å²) in [6, 6.07) is 6.73. The zero-order chi connectivity index (χ0) is 25.3. The Hall–Kier alpha value is -2.98. The number of primary amides is 1. The molecule has 34 heavy (non-hydrogen) atoms. The molecule has 5 atom stereocenters. The second-order valence-corrected chi connectivity index (χ2v) is 9.04. The van der Waals surface area contributed by atoms with Crippen LogP contribution in [0.1, 0.15) is 45.1 Å². The lowest BCUT2D eigenvalue weighted by molar-refractivity contribution is -0.144. The molecule has 0 saturated carbocycles. The number of amides is 3. The molecule has 1 saturated heterocycles. The quantitative estimate of drug-likeness (QED) is 0.267. The first-order valence-corrected chi connectivity index (χ1v) is 11.8. The number of nitrogens with zero attached hydrogens (tertiary/aromatic N) is 1. The van der Waals surface area contributed by atoms with Gasteiger partial charge in [-0.2, -0.15) is 0 Å². The van der Waals surface area contributed by atoms with Gasteiger partial charge in [-0.25, -0.2) is 4.79 Å². The predicted molar refractivity (Wildman–Crippen MR) is 127 cm³/mol. The highest BCUT2D eigenvalue weighted by atomic mass is 16.4. The minimum absolute atomic E-state index is 0.201. The van der Waals surface area contributed by atoms with Crippen molar-refractivity contribution in [2.75, 3.05) is 13.1 Å². The summed E-state index contributed by atoms with van der Waals surface area (Å²) in [4.78, 5) is 50.4. The van der Waals surface area contributed by atoms with Gasteiger partial charge in [0.1, 0.15) is 6.04 Å². The number of rotatable bonds is 13. The summed E-state index contributed by atoms with van der Waals surface area (Å²) in [5.41, 5.74) is 12.0. The molecule has 3 amide bonds. The summed E-state index contributed by atoms with van der Waals surface area (Å²) in [7, 11) is 0. The van der Waals surface area contributed by atoms with E-state index in [1.165, 1.54) is 0 Å². The van der Waals surface area contributed by atoms with E-state index < -0.39 is 35.9 Å². The van der Waals surface area contributed by atoms with Crippen LogP contribution >= 0.6 is 0 Å². The van der Waals surface area contributed by atoms with E-state index in [1.54, 1.807) is 6.92 Å². The van der Waals surface area contributed by atoms with E-state index in [-0.39, 0.29) is 24.3 Å². The molecule has 1 aliphatic rings. The van der Waals surface area contributed by atoms with E-state index in [9.17, 15) is 24.3 Å². The Morgan fingerprint density at radius 1 is 1.18 bits per heavy atom. The molecule has 10 nitrogen and oxygen atoms in total. The number of likely N-dealkylation sites (tertiary alicyclic amines) is 1. The van der Waals surface area contributed by atoms with Crippen LogP contribution in [0.25, 0.3) is 0 Å². The van der Waals surface area contributed by atoms with Crippen molar-refractivity contribution in [3.8, 4) is 0 Å². The predicted octanol–water partition coefficient (Wildman–Crippen LogP) is -0.00350. The minimum atomic E-state index is -1.06. The molecule has 0 radical (unpaired) electrons. The summed E-state index contributed by atoms with van der Waals surface area (Å²) >= 11 is 0. The van der Waals surface area contributed by atoms with Crippen molar-refractivity contribution in [1.29, 1.82) is 0 Å². The van der Waals surface area contributed by atoms with E-state index in [0.717, 1.165) is 12.0 Å². The number of nitrogens with two attached hydrogens (primary N) is 2. The minimum Gasteiger partial charge on any atom is -0.480 e. The Balaban J connectivity index is 2.13. The maximum Gasteiger partial charge on any atom is 0.326 e. The first kappa shape index (κ1) is 27.3. The average molecular weight is 476 g/mol. The molecule has 1 aromatic rings. The fourth-order valence-corrected chi connectivity index (χ4v) is 4.23. The van der Waals surface area contributed by atoms with Gasteiger partial charge in [-0.1, -0.05) is 50.6 Å². The second-order valence-electron chi connectivity index (χ2n) is 9.04. The third-order valence-electron chi connectivity index (χ3n) is 6.33. The molecule has 0 aliphatic carbocycles. The van der Waals surface area contributed by atoms with Crippen LogP contribution in [0.15, 0.2) is 30.3 Å². The second kappa shape index (κ2) is 13.0. The Morgan fingerprint density at radius 2 is 1.85 bits per heavy atom. The molecule has 7 N–H and O–H groups in total. The summed E-state index contributed by atoms with van der Waals surface area (Å²) in [5, 5.41) is 15.1. The van der Waals surface area contributed by atoms with Crippen molar-refractivity contribution in [2.45, 2.75) is 70.1 Å². The van der Waals surface area contributed by atoms with E-state index in [0.29, 0.717) is 32.4 Å². The van der Waals surface area contributed by atoms with Crippen LogP contribution in [0, 0.1) is 5.92 Å². The maximum atomic E-state index is 13.0.